The Morgan fingerprint density at radius 3 is 2.31 bits per heavy atom. The predicted molar refractivity (Wildman–Crippen MR) is 124 cm³/mol. The molecular weight excluding hydrogens is 452 g/mol. The number of hydrogen-bond acceptors (Lipinski definition) is 5. The van der Waals surface area contributed by atoms with Gasteiger partial charge in [0.25, 0.3) is 10.0 Å². The molecule has 32 heavy (non-hydrogen) atoms. The minimum Gasteiger partial charge on any atom is -0.497 e. The van der Waals surface area contributed by atoms with Gasteiger partial charge in [-0.2, -0.15) is 0 Å². The van der Waals surface area contributed by atoms with Crippen molar-refractivity contribution in [1.82, 2.24) is 5.32 Å². The van der Waals surface area contributed by atoms with E-state index in [1.54, 1.807) is 67.8 Å². The first-order valence-corrected chi connectivity index (χ1v) is 11.6. The number of nitrogens with one attached hydrogen (secondary N) is 1. The zero-order valence-corrected chi connectivity index (χ0v) is 19.0. The molecule has 1 amide bonds. The third kappa shape index (κ3) is 6.15. The summed E-state index contributed by atoms with van der Waals surface area (Å²) in [4.78, 5) is 12.6. The van der Waals surface area contributed by atoms with Crippen molar-refractivity contribution in [3.8, 4) is 11.5 Å². The molecule has 0 aliphatic rings. The molecule has 0 aromatic heterocycles. The van der Waals surface area contributed by atoms with Crippen LogP contribution in [-0.4, -0.2) is 41.1 Å². The second-order valence-corrected chi connectivity index (χ2v) is 8.98. The van der Waals surface area contributed by atoms with Crippen LogP contribution in [0.5, 0.6) is 11.5 Å². The summed E-state index contributed by atoms with van der Waals surface area (Å²) < 4.78 is 38.1. The van der Waals surface area contributed by atoms with E-state index < -0.39 is 22.5 Å². The van der Waals surface area contributed by atoms with Crippen molar-refractivity contribution >= 4 is 33.2 Å². The molecule has 3 aromatic carbocycles. The molecule has 0 aliphatic heterocycles. The highest BCUT2D eigenvalue weighted by molar-refractivity contribution is 7.92. The molecule has 168 valence electrons. The Hall–Kier alpha value is -3.23. The van der Waals surface area contributed by atoms with Crippen LogP contribution >= 0.6 is 11.6 Å². The predicted octanol–water partition coefficient (Wildman–Crippen LogP) is 3.74. The molecule has 0 saturated carbocycles. The fourth-order valence-electron chi connectivity index (χ4n) is 2.88. The van der Waals surface area contributed by atoms with Gasteiger partial charge in [0.15, 0.2) is 0 Å². The molecule has 0 saturated heterocycles. The van der Waals surface area contributed by atoms with Gasteiger partial charge in [-0.3, -0.25) is 9.10 Å². The first-order chi connectivity index (χ1) is 15.4. The fraction of sp³-hybridized carbons (Fsp3) is 0.174. The lowest BCUT2D eigenvalue weighted by Crippen LogP contribution is -2.41. The van der Waals surface area contributed by atoms with E-state index in [4.69, 9.17) is 21.1 Å². The van der Waals surface area contributed by atoms with Crippen molar-refractivity contribution < 1.29 is 22.7 Å². The van der Waals surface area contributed by atoms with Gasteiger partial charge < -0.3 is 14.8 Å². The SMILES string of the molecule is COc1ccc(OCCNC(=O)CN(c2cccc(Cl)c2)S(=O)(=O)c2ccccc2)cc1. The van der Waals surface area contributed by atoms with Crippen molar-refractivity contribution in [3.63, 3.8) is 0 Å². The first kappa shape index (κ1) is 23.4. The van der Waals surface area contributed by atoms with E-state index in [0.29, 0.717) is 22.2 Å². The number of sulfonamides is 1. The van der Waals surface area contributed by atoms with E-state index >= 15 is 0 Å². The number of methoxy groups -OCH3 is 1. The Balaban J connectivity index is 1.66. The molecule has 3 rings (SSSR count). The van der Waals surface area contributed by atoms with Crippen LogP contribution < -0.4 is 19.1 Å². The van der Waals surface area contributed by atoms with Crippen LogP contribution in [0.1, 0.15) is 0 Å². The van der Waals surface area contributed by atoms with Gasteiger partial charge in [-0.05, 0) is 54.6 Å². The zero-order valence-electron chi connectivity index (χ0n) is 17.4. The lowest BCUT2D eigenvalue weighted by Gasteiger charge is -2.24. The minimum absolute atomic E-state index is 0.0793. The number of halogens is 1. The van der Waals surface area contributed by atoms with Crippen molar-refractivity contribution in [3.05, 3.63) is 83.9 Å². The third-order valence-corrected chi connectivity index (χ3v) is 6.49. The van der Waals surface area contributed by atoms with Gasteiger partial charge in [0.05, 0.1) is 24.2 Å². The van der Waals surface area contributed by atoms with E-state index in [9.17, 15) is 13.2 Å². The van der Waals surface area contributed by atoms with Crippen molar-refractivity contribution in [1.29, 1.82) is 0 Å². The average Bonchev–Trinajstić information content (AvgIpc) is 2.81. The summed E-state index contributed by atoms with van der Waals surface area (Å²) >= 11 is 6.05. The summed E-state index contributed by atoms with van der Waals surface area (Å²) in [7, 11) is -2.40. The van der Waals surface area contributed by atoms with Gasteiger partial charge in [-0.15, -0.1) is 0 Å². The maximum atomic E-state index is 13.2. The van der Waals surface area contributed by atoms with Gasteiger partial charge in [-0.1, -0.05) is 35.9 Å². The normalized spacial score (nSPS) is 10.9. The smallest absolute Gasteiger partial charge is 0.264 e. The number of carbonyl (C=O) groups is 1. The van der Waals surface area contributed by atoms with Crippen LogP contribution in [-0.2, 0) is 14.8 Å². The molecular formula is C23H23ClN2O5S. The van der Waals surface area contributed by atoms with Crippen LogP contribution in [0.4, 0.5) is 5.69 Å². The molecule has 0 bridgehead atoms. The highest BCUT2D eigenvalue weighted by Crippen LogP contribution is 2.26. The number of carbonyl (C=O) groups excluding carboxylic acids is 1. The Labute approximate surface area is 192 Å². The highest BCUT2D eigenvalue weighted by atomic mass is 35.5. The standard InChI is InChI=1S/C23H23ClN2O5S/c1-30-20-10-12-21(13-11-20)31-15-14-25-23(27)17-26(19-7-5-6-18(24)16-19)32(28,29)22-8-3-2-4-9-22/h2-13,16H,14-15,17H2,1H3,(H,25,27). The number of ether oxygens (including phenoxy) is 2. The Morgan fingerprint density at radius 1 is 0.969 bits per heavy atom. The molecule has 0 unspecified atom stereocenters. The van der Waals surface area contributed by atoms with Crippen LogP contribution in [0, 0.1) is 0 Å². The van der Waals surface area contributed by atoms with Gasteiger partial charge in [0.1, 0.15) is 24.7 Å². The molecule has 0 spiro atoms. The fourth-order valence-corrected chi connectivity index (χ4v) is 4.50. The summed E-state index contributed by atoms with van der Waals surface area (Å²) in [5, 5.41) is 3.05. The van der Waals surface area contributed by atoms with Gasteiger partial charge in [0.2, 0.25) is 5.91 Å². The largest absolute Gasteiger partial charge is 0.497 e. The highest BCUT2D eigenvalue weighted by Gasteiger charge is 2.27. The summed E-state index contributed by atoms with van der Waals surface area (Å²) in [6.07, 6.45) is 0. The summed E-state index contributed by atoms with van der Waals surface area (Å²) in [5.41, 5.74) is 0.297. The number of nitrogens with zero attached hydrogens (tertiary/aromatic N) is 1. The second kappa shape index (κ2) is 10.9. The first-order valence-electron chi connectivity index (χ1n) is 9.77. The molecule has 0 aliphatic carbocycles. The number of amides is 1. The average molecular weight is 475 g/mol. The van der Waals surface area contributed by atoms with E-state index in [0.717, 1.165) is 4.31 Å². The molecule has 1 N–H and O–H groups in total. The van der Waals surface area contributed by atoms with Gasteiger partial charge in [-0.25, -0.2) is 8.42 Å². The topological polar surface area (TPSA) is 84.9 Å². The molecule has 0 atom stereocenters. The molecule has 0 fully saturated rings. The van der Waals surface area contributed by atoms with Gasteiger partial charge in [0, 0.05) is 5.02 Å². The lowest BCUT2D eigenvalue weighted by molar-refractivity contribution is -0.119. The maximum absolute atomic E-state index is 13.2. The van der Waals surface area contributed by atoms with Crippen molar-refractivity contribution in [2.24, 2.45) is 0 Å². The Kier molecular flexibility index (Phi) is 7.97. The minimum atomic E-state index is -3.98. The number of benzene rings is 3. The van der Waals surface area contributed by atoms with Crippen molar-refractivity contribution in [2.75, 3.05) is 31.1 Å². The molecule has 0 heterocycles. The van der Waals surface area contributed by atoms with Crippen LogP contribution in [0.25, 0.3) is 0 Å². The van der Waals surface area contributed by atoms with Crippen LogP contribution in [0.2, 0.25) is 5.02 Å². The van der Waals surface area contributed by atoms with E-state index in [-0.39, 0.29) is 18.0 Å². The Morgan fingerprint density at radius 2 is 1.66 bits per heavy atom. The van der Waals surface area contributed by atoms with Crippen LogP contribution in [0.15, 0.2) is 83.8 Å². The Bertz CT molecular complexity index is 1140. The third-order valence-electron chi connectivity index (χ3n) is 4.47. The van der Waals surface area contributed by atoms with E-state index in [2.05, 4.69) is 5.32 Å². The number of rotatable bonds is 10. The quantitative estimate of drug-likeness (QED) is 0.452. The van der Waals surface area contributed by atoms with Crippen molar-refractivity contribution in [2.45, 2.75) is 4.90 Å². The zero-order chi connectivity index (χ0) is 23.0. The molecule has 9 heteroatoms. The maximum Gasteiger partial charge on any atom is 0.264 e. The van der Waals surface area contributed by atoms with E-state index in [1.165, 1.54) is 18.2 Å². The second-order valence-electron chi connectivity index (χ2n) is 6.68. The van der Waals surface area contributed by atoms with Gasteiger partial charge >= 0.3 is 0 Å². The van der Waals surface area contributed by atoms with E-state index in [1.807, 2.05) is 0 Å². The summed E-state index contributed by atoms with van der Waals surface area (Å²) in [5.74, 6) is 0.876. The molecule has 3 aromatic rings. The van der Waals surface area contributed by atoms with Crippen LogP contribution in [0.3, 0.4) is 0 Å². The summed E-state index contributed by atoms with van der Waals surface area (Å²) in [6, 6.07) is 21.3. The number of anilines is 1. The molecule has 0 radical (unpaired) electrons. The monoisotopic (exact) mass is 474 g/mol. The summed E-state index contributed by atoms with van der Waals surface area (Å²) in [6.45, 7) is 0.0282. The lowest BCUT2D eigenvalue weighted by atomic mass is 10.3. The number of hydrogen-bond donors (Lipinski definition) is 1. The molecule has 7 nitrogen and oxygen atoms in total.